The van der Waals surface area contributed by atoms with Gasteiger partial charge in [0.15, 0.2) is 0 Å². The van der Waals surface area contributed by atoms with Gasteiger partial charge in [-0.25, -0.2) is 0 Å². The molecule has 4 N–H and O–H groups in total. The predicted molar refractivity (Wildman–Crippen MR) is 93.5 cm³/mol. The molecule has 3 amide bonds. The minimum Gasteiger partial charge on any atom is -0.497 e. The Balaban J connectivity index is 1.79. The molecule has 0 unspecified atom stereocenters. The molecule has 0 radical (unpaired) electrons. The van der Waals surface area contributed by atoms with Crippen molar-refractivity contribution >= 4 is 23.4 Å². The van der Waals surface area contributed by atoms with Crippen molar-refractivity contribution in [2.75, 3.05) is 19.0 Å². The highest BCUT2D eigenvalue weighted by molar-refractivity contribution is 5.96. The quantitative estimate of drug-likeness (QED) is 0.709. The number of amides is 3. The van der Waals surface area contributed by atoms with Crippen LogP contribution < -0.4 is 21.1 Å². The average Bonchev–Trinajstić information content (AvgIpc) is 2.62. The molecule has 0 aliphatic carbocycles. The lowest BCUT2D eigenvalue weighted by Crippen LogP contribution is -2.27. The number of carbonyl (C=O) groups is 3. The third-order valence-corrected chi connectivity index (χ3v) is 3.42. The lowest BCUT2D eigenvalue weighted by atomic mass is 10.2. The Kier molecular flexibility index (Phi) is 6.11. The second kappa shape index (κ2) is 8.49. The fourth-order valence-electron chi connectivity index (χ4n) is 2.10. The Hall–Kier alpha value is -3.35. The molecule has 0 saturated carbocycles. The van der Waals surface area contributed by atoms with Gasteiger partial charge in [-0.15, -0.1) is 0 Å². The summed E-state index contributed by atoms with van der Waals surface area (Å²) in [6, 6.07) is 13.0. The molecule has 0 fully saturated rings. The highest BCUT2D eigenvalue weighted by atomic mass is 16.5. The van der Waals surface area contributed by atoms with Crippen molar-refractivity contribution in [3.8, 4) is 5.75 Å². The second-order valence-electron chi connectivity index (χ2n) is 5.23. The number of hydrogen-bond donors (Lipinski definition) is 3. The monoisotopic (exact) mass is 341 g/mol. The molecule has 2 aromatic rings. The van der Waals surface area contributed by atoms with E-state index in [0.717, 1.165) is 0 Å². The zero-order chi connectivity index (χ0) is 18.2. The number of primary amides is 1. The average molecular weight is 341 g/mol. The van der Waals surface area contributed by atoms with Gasteiger partial charge < -0.3 is 21.1 Å². The Labute approximate surface area is 145 Å². The van der Waals surface area contributed by atoms with Crippen LogP contribution in [0.1, 0.15) is 27.1 Å². The van der Waals surface area contributed by atoms with Crippen LogP contribution >= 0.6 is 0 Å². The Bertz CT molecular complexity index is 772. The van der Waals surface area contributed by atoms with E-state index in [1.807, 2.05) is 0 Å². The van der Waals surface area contributed by atoms with E-state index in [0.29, 0.717) is 22.6 Å². The molecular formula is C18H19N3O4. The van der Waals surface area contributed by atoms with Crippen LogP contribution in [0.15, 0.2) is 48.5 Å². The van der Waals surface area contributed by atoms with E-state index in [4.69, 9.17) is 10.5 Å². The van der Waals surface area contributed by atoms with E-state index in [-0.39, 0.29) is 24.8 Å². The maximum Gasteiger partial charge on any atom is 0.251 e. The molecule has 0 saturated heterocycles. The number of anilines is 1. The Morgan fingerprint density at radius 1 is 1.04 bits per heavy atom. The van der Waals surface area contributed by atoms with Crippen molar-refractivity contribution < 1.29 is 19.1 Å². The minimum atomic E-state index is -0.530. The van der Waals surface area contributed by atoms with Crippen molar-refractivity contribution in [3.05, 3.63) is 59.7 Å². The van der Waals surface area contributed by atoms with Crippen LogP contribution in [0.2, 0.25) is 0 Å². The van der Waals surface area contributed by atoms with E-state index < -0.39 is 5.91 Å². The fourth-order valence-corrected chi connectivity index (χ4v) is 2.10. The topological polar surface area (TPSA) is 111 Å². The summed E-state index contributed by atoms with van der Waals surface area (Å²) in [4.78, 5) is 34.9. The van der Waals surface area contributed by atoms with Gasteiger partial charge in [0.2, 0.25) is 11.8 Å². The van der Waals surface area contributed by atoms with Crippen molar-refractivity contribution in [1.82, 2.24) is 5.32 Å². The van der Waals surface area contributed by atoms with Crippen molar-refractivity contribution in [1.29, 1.82) is 0 Å². The number of nitrogens with two attached hydrogens (primary N) is 1. The molecule has 0 bridgehead atoms. The number of methoxy groups -OCH3 is 1. The first kappa shape index (κ1) is 18.0. The van der Waals surface area contributed by atoms with Crippen LogP contribution in [0.4, 0.5) is 5.69 Å². The summed E-state index contributed by atoms with van der Waals surface area (Å²) in [5.41, 5.74) is 6.53. The first-order chi connectivity index (χ1) is 12.0. The summed E-state index contributed by atoms with van der Waals surface area (Å²) in [5, 5.41) is 5.35. The van der Waals surface area contributed by atoms with Crippen LogP contribution in [0.25, 0.3) is 0 Å². The predicted octanol–water partition coefficient (Wildman–Crippen LogP) is 1.55. The summed E-state index contributed by atoms with van der Waals surface area (Å²) in [6.45, 7) is 0.196. The van der Waals surface area contributed by atoms with Gasteiger partial charge >= 0.3 is 0 Å². The van der Waals surface area contributed by atoms with Crippen LogP contribution in [0.3, 0.4) is 0 Å². The maximum absolute atomic E-state index is 12.0. The molecule has 25 heavy (non-hydrogen) atoms. The van der Waals surface area contributed by atoms with Gasteiger partial charge in [-0.3, -0.25) is 14.4 Å². The van der Waals surface area contributed by atoms with E-state index in [2.05, 4.69) is 10.6 Å². The Morgan fingerprint density at radius 2 is 1.76 bits per heavy atom. The third kappa shape index (κ3) is 5.35. The van der Waals surface area contributed by atoms with E-state index in [9.17, 15) is 14.4 Å². The largest absolute Gasteiger partial charge is 0.497 e. The molecule has 0 aliphatic heterocycles. The highest BCUT2D eigenvalue weighted by Crippen LogP contribution is 2.12. The van der Waals surface area contributed by atoms with E-state index in [1.165, 1.54) is 19.2 Å². The van der Waals surface area contributed by atoms with Gasteiger partial charge in [-0.1, -0.05) is 6.07 Å². The van der Waals surface area contributed by atoms with Crippen LogP contribution in [0, 0.1) is 0 Å². The molecule has 2 aromatic carbocycles. The van der Waals surface area contributed by atoms with Gasteiger partial charge in [0.05, 0.1) is 7.11 Å². The number of ether oxygens (including phenoxy) is 1. The normalized spacial score (nSPS) is 9.96. The standard InChI is InChI=1S/C18H19N3O4/c1-25-15-4-2-3-13(11-15)18(24)20-10-9-16(22)21-14-7-5-12(6-8-14)17(19)23/h2-8,11H,9-10H2,1H3,(H2,19,23)(H,20,24)(H,21,22). The summed E-state index contributed by atoms with van der Waals surface area (Å²) >= 11 is 0. The number of carbonyl (C=O) groups excluding carboxylic acids is 3. The molecule has 2 rings (SSSR count). The number of nitrogens with one attached hydrogen (secondary N) is 2. The number of benzene rings is 2. The highest BCUT2D eigenvalue weighted by Gasteiger charge is 2.08. The van der Waals surface area contributed by atoms with Gasteiger partial charge in [0.25, 0.3) is 5.91 Å². The van der Waals surface area contributed by atoms with Gasteiger partial charge in [-0.05, 0) is 42.5 Å². The number of hydrogen-bond acceptors (Lipinski definition) is 4. The van der Waals surface area contributed by atoms with Crippen molar-refractivity contribution in [2.24, 2.45) is 5.73 Å². The van der Waals surface area contributed by atoms with Crippen molar-refractivity contribution in [2.45, 2.75) is 6.42 Å². The fraction of sp³-hybridized carbons (Fsp3) is 0.167. The van der Waals surface area contributed by atoms with Gasteiger partial charge in [0.1, 0.15) is 5.75 Å². The molecule has 7 nitrogen and oxygen atoms in total. The molecular weight excluding hydrogens is 322 g/mol. The molecule has 130 valence electrons. The molecule has 0 aliphatic rings. The second-order valence-corrected chi connectivity index (χ2v) is 5.23. The lowest BCUT2D eigenvalue weighted by molar-refractivity contribution is -0.116. The summed E-state index contributed by atoms with van der Waals surface area (Å²) in [6.07, 6.45) is 0.118. The van der Waals surface area contributed by atoms with Gasteiger partial charge in [0, 0.05) is 29.8 Å². The third-order valence-electron chi connectivity index (χ3n) is 3.42. The smallest absolute Gasteiger partial charge is 0.251 e. The van der Waals surface area contributed by atoms with Gasteiger partial charge in [-0.2, -0.15) is 0 Å². The zero-order valence-corrected chi connectivity index (χ0v) is 13.7. The molecule has 0 heterocycles. The van der Waals surface area contributed by atoms with Crippen LogP contribution in [-0.4, -0.2) is 31.4 Å². The number of rotatable bonds is 7. The first-order valence-corrected chi connectivity index (χ1v) is 7.61. The molecule has 0 atom stereocenters. The van der Waals surface area contributed by atoms with E-state index in [1.54, 1.807) is 36.4 Å². The minimum absolute atomic E-state index is 0.118. The lowest BCUT2D eigenvalue weighted by Gasteiger charge is -2.08. The Morgan fingerprint density at radius 3 is 2.40 bits per heavy atom. The maximum atomic E-state index is 12.0. The van der Waals surface area contributed by atoms with Crippen LogP contribution in [-0.2, 0) is 4.79 Å². The molecule has 0 spiro atoms. The molecule has 7 heteroatoms. The van der Waals surface area contributed by atoms with Crippen LogP contribution in [0.5, 0.6) is 5.75 Å². The zero-order valence-electron chi connectivity index (χ0n) is 13.7. The van der Waals surface area contributed by atoms with Crippen molar-refractivity contribution in [3.63, 3.8) is 0 Å². The summed E-state index contributed by atoms with van der Waals surface area (Å²) in [7, 11) is 1.53. The van der Waals surface area contributed by atoms with E-state index >= 15 is 0 Å². The SMILES string of the molecule is COc1cccc(C(=O)NCCC(=O)Nc2ccc(C(N)=O)cc2)c1. The molecule has 0 aromatic heterocycles. The summed E-state index contributed by atoms with van der Waals surface area (Å²) in [5.74, 6) is -0.474. The first-order valence-electron chi connectivity index (χ1n) is 7.61. The summed E-state index contributed by atoms with van der Waals surface area (Å²) < 4.78 is 5.06.